The summed E-state index contributed by atoms with van der Waals surface area (Å²) in [5, 5.41) is 115. The molecular weight excluding hydrogens is 1220 g/mol. The zero-order chi connectivity index (χ0) is 70.2. The molecule has 8 rings (SSSR count). The monoisotopic (exact) mass is 1290 g/mol. The topological polar surface area (TPSA) is 573 Å². The van der Waals surface area contributed by atoms with Gasteiger partial charge in [-0.3, -0.25) is 80.2 Å². The first-order valence-corrected chi connectivity index (χ1v) is 27.1. The zero-order valence-corrected chi connectivity index (χ0v) is 48.1. The number of aliphatic hydroxyl groups is 8. The molecule has 0 radical (unpaired) electrons. The summed E-state index contributed by atoms with van der Waals surface area (Å²) in [6.07, 6.45) is -20.5. The molecule has 4 aromatic rings. The van der Waals surface area contributed by atoms with Crippen molar-refractivity contribution in [3.8, 4) is 0 Å². The first kappa shape index (κ1) is 66.4. The van der Waals surface area contributed by atoms with Gasteiger partial charge in [0.1, 0.15) is 99.7 Å². The van der Waals surface area contributed by atoms with Gasteiger partial charge in [-0.05, 0) is 37.1 Å². The number of nitrogens with zero attached hydrogens (tertiary/aromatic N) is 8. The van der Waals surface area contributed by atoms with Crippen LogP contribution in [-0.2, 0) is 57.1 Å². The summed E-state index contributed by atoms with van der Waals surface area (Å²) < 4.78 is 75.7. The Bertz CT molecular complexity index is 3470. The first-order chi connectivity index (χ1) is 44.3. The summed E-state index contributed by atoms with van der Waals surface area (Å²) in [4.78, 5) is 106. The molecule has 0 aromatic carbocycles. The fraction of sp³-hybridized carbons (Fsp3) is 0.600. The lowest BCUT2D eigenvalue weighted by Crippen LogP contribution is -2.36. The number of carbonyl (C=O) groups is 4. The second-order valence-corrected chi connectivity index (χ2v) is 19.1. The Kier molecular flexibility index (Phi) is 25.7. The molecule has 8 heterocycles. The summed E-state index contributed by atoms with van der Waals surface area (Å²) in [5.74, 6) is -2.75. The highest BCUT2D eigenvalue weighted by Gasteiger charge is 2.48. The van der Waals surface area contributed by atoms with Gasteiger partial charge in [-0.15, -0.1) is 0 Å². The molecule has 4 aliphatic rings. The van der Waals surface area contributed by atoms with Crippen LogP contribution in [0.2, 0.25) is 0 Å². The van der Waals surface area contributed by atoms with Crippen LogP contribution in [-0.4, -0.2) is 223 Å². The minimum absolute atomic E-state index is 0.121. The Morgan fingerprint density at radius 2 is 0.711 bits per heavy atom. The SMILES string of the molecule is [2H][C@@]1(n2ccc(NO)nc2=O)O[C@H](COC(=O)CC)[C@@H](O)[C@H]1O.[2H][C@@]1(n2ccc(NO)nc2=O)O[C@H](COC(=O)CCC)[C@@H](O)[C@H]1O.[2H][C@@]1(n2ccc(NO)nc2=O)O[C@H](COC(=O)CCCC)[C@@H](O)[C@H]1O.[2H][C@@]1(n2ccc(NO)nc2=O)O[C@H](COC(C)=O)[C@@H](O)[C@H]1O. The fourth-order valence-electron chi connectivity index (χ4n) is 7.93. The lowest BCUT2D eigenvalue weighted by atomic mass is 10.1. The highest BCUT2D eigenvalue weighted by molar-refractivity contribution is 5.70. The first-order valence-electron chi connectivity index (χ1n) is 29.1. The van der Waals surface area contributed by atoms with Crippen molar-refractivity contribution in [2.24, 2.45) is 0 Å². The largest absolute Gasteiger partial charge is 0.463 e. The van der Waals surface area contributed by atoms with Crippen LogP contribution in [0.1, 0.15) is 96.5 Å². The van der Waals surface area contributed by atoms with Gasteiger partial charge >= 0.3 is 46.6 Å². The second kappa shape index (κ2) is 34.8. The van der Waals surface area contributed by atoms with Gasteiger partial charge in [-0.25, -0.2) is 19.2 Å². The normalized spacial score (nSPS) is 31.2. The van der Waals surface area contributed by atoms with E-state index in [9.17, 15) is 79.2 Å². The molecule has 0 aliphatic carbocycles. The number of rotatable bonds is 22. The second-order valence-electron chi connectivity index (χ2n) is 19.1. The molecule has 0 amide bonds. The molecule has 16 N–H and O–H groups in total. The van der Waals surface area contributed by atoms with E-state index in [1.54, 1.807) is 35.8 Å². The van der Waals surface area contributed by atoms with E-state index in [0.29, 0.717) is 31.1 Å². The number of nitrogens with one attached hydrogen (secondary N) is 4. The lowest BCUT2D eigenvalue weighted by molar-refractivity contribution is -0.151. The van der Waals surface area contributed by atoms with E-state index >= 15 is 0 Å². The minimum atomic E-state index is -2.35. The quantitative estimate of drug-likeness (QED) is 0.0200. The molecule has 4 aliphatic heterocycles. The molecule has 0 spiro atoms. The number of esters is 4. The Hall–Kier alpha value is -8.04. The summed E-state index contributed by atoms with van der Waals surface area (Å²) in [6, 6.07) is 4.69. The molecule has 0 saturated carbocycles. The van der Waals surface area contributed by atoms with Crippen LogP contribution in [0.25, 0.3) is 0 Å². The van der Waals surface area contributed by atoms with Gasteiger partial charge < -0.3 is 78.7 Å². The third kappa shape index (κ3) is 19.2. The van der Waals surface area contributed by atoms with Crippen molar-refractivity contribution in [1.29, 1.82) is 0 Å². The lowest BCUT2D eigenvalue weighted by Gasteiger charge is -2.17. The molecule has 0 unspecified atom stereocenters. The smallest absolute Gasteiger partial charge is 0.351 e. The van der Waals surface area contributed by atoms with E-state index in [0.717, 1.165) is 38.1 Å². The molecular formula is C50H72N12O28. The van der Waals surface area contributed by atoms with Crippen LogP contribution in [0.4, 0.5) is 23.3 Å². The summed E-state index contributed by atoms with van der Waals surface area (Å²) in [6.45, 7) is 4.98. The third-order valence-electron chi connectivity index (χ3n) is 12.7. The molecule has 40 nitrogen and oxygen atoms in total. The molecule has 4 saturated heterocycles. The average Bonchev–Trinajstić information content (AvgIpc) is 1.62. The minimum Gasteiger partial charge on any atom is -0.463 e. The Morgan fingerprint density at radius 1 is 0.444 bits per heavy atom. The number of aromatic nitrogens is 8. The van der Waals surface area contributed by atoms with Gasteiger partial charge in [0.2, 0.25) is 0 Å². The number of hydrogen-bond acceptors (Lipinski definition) is 36. The van der Waals surface area contributed by atoms with Crippen LogP contribution in [0.3, 0.4) is 0 Å². The van der Waals surface area contributed by atoms with Crippen molar-refractivity contribution in [3.05, 3.63) is 91.0 Å². The van der Waals surface area contributed by atoms with Crippen molar-refractivity contribution < 1.29 is 124 Å². The average molecular weight is 1290 g/mol. The van der Waals surface area contributed by atoms with Crippen LogP contribution < -0.4 is 44.7 Å². The molecule has 0 bridgehead atoms. The molecule has 500 valence electrons. The third-order valence-corrected chi connectivity index (χ3v) is 12.7. The highest BCUT2D eigenvalue weighted by atomic mass is 16.6. The molecule has 90 heavy (non-hydrogen) atoms. The van der Waals surface area contributed by atoms with E-state index < -0.39 is 145 Å². The van der Waals surface area contributed by atoms with Gasteiger partial charge in [0.25, 0.3) is 0 Å². The van der Waals surface area contributed by atoms with E-state index in [1.807, 2.05) is 6.92 Å². The number of anilines is 4. The van der Waals surface area contributed by atoms with Crippen molar-refractivity contribution >= 4 is 47.1 Å². The number of aliphatic hydroxyl groups excluding tert-OH is 8. The van der Waals surface area contributed by atoms with E-state index in [4.69, 9.17) is 59.5 Å². The van der Waals surface area contributed by atoms with Crippen molar-refractivity contribution in [2.75, 3.05) is 48.3 Å². The maximum Gasteiger partial charge on any atom is 0.351 e. The van der Waals surface area contributed by atoms with E-state index in [-0.39, 0.29) is 69.0 Å². The predicted octanol–water partition coefficient (Wildman–Crippen LogP) is -4.75. The van der Waals surface area contributed by atoms with Crippen molar-refractivity contribution in [2.45, 2.75) is 164 Å². The number of carbonyl (C=O) groups excluding carboxylic acids is 4. The van der Waals surface area contributed by atoms with Gasteiger partial charge in [0.15, 0.2) is 48.1 Å². The van der Waals surface area contributed by atoms with E-state index in [2.05, 4.69) is 24.7 Å². The summed E-state index contributed by atoms with van der Waals surface area (Å²) in [7, 11) is 0. The molecule has 4 fully saturated rings. The molecule has 40 heteroatoms. The Balaban J connectivity index is 0.000000227. The summed E-state index contributed by atoms with van der Waals surface area (Å²) >= 11 is 0. The number of hydrogen-bond donors (Lipinski definition) is 16. The van der Waals surface area contributed by atoms with Gasteiger partial charge in [-0.1, -0.05) is 27.2 Å². The van der Waals surface area contributed by atoms with Gasteiger partial charge in [-0.2, -0.15) is 19.9 Å². The number of ether oxygens (including phenoxy) is 8. The van der Waals surface area contributed by atoms with Crippen LogP contribution in [0.5, 0.6) is 0 Å². The van der Waals surface area contributed by atoms with Crippen molar-refractivity contribution in [1.82, 2.24) is 38.2 Å². The van der Waals surface area contributed by atoms with Crippen LogP contribution >= 0.6 is 0 Å². The Morgan fingerprint density at radius 3 is 0.944 bits per heavy atom. The predicted molar refractivity (Wildman–Crippen MR) is 294 cm³/mol. The number of unbranched alkanes of at least 4 members (excludes halogenated alkanes) is 1. The van der Waals surface area contributed by atoms with Gasteiger partial charge in [0, 0.05) is 51.0 Å². The maximum atomic E-state index is 12.0. The molecule has 16 atom stereocenters. The standard InChI is InChI=1S/C14H21N3O7.C13H19N3O7.C12H17N3O7.C11H15N3O7/c1-2-3-4-10(18)23-7-8-11(19)12(20)13(24-8)17-6-5-9(16-22)15-14(17)21;1-2-3-9(17)22-6-7-10(18)11(19)12(23-7)16-5-4-8(15-21)14-13(16)20;1-2-8(16)21-5-6-9(17)10(18)11(22-6)15-4-3-7(14-20)13-12(15)19;1-5(15)20-4-6-8(16)9(17)10(21-6)14-3-2-7(13-19)12-11(14)18/h5-6,8,11-13,19-20,22H,2-4,7H2,1H3,(H,15,16,21);4-5,7,10-12,18-19,21H,2-3,6H2,1H3,(H,14,15,20);3-4,6,9-11,17-18,20H,2,5H2,1H3,(H,13,14,19);2-3,6,8-10,16-17,19H,4H2,1H3,(H,12,13,18)/t8-,11-,12-,13-;7-,10-,11-,12-;6-,9-,10-,11-;6-,8-,9-,10-/m1111/s1/i13D;12D;11D;10D. The zero-order valence-electron chi connectivity index (χ0n) is 52.1. The summed E-state index contributed by atoms with van der Waals surface area (Å²) in [5.41, 5.74) is 2.74. The fourth-order valence-corrected chi connectivity index (χ4v) is 7.93. The van der Waals surface area contributed by atoms with Gasteiger partial charge in [0.05, 0.1) is 5.48 Å². The van der Waals surface area contributed by atoms with Crippen LogP contribution in [0, 0.1) is 0 Å². The van der Waals surface area contributed by atoms with Crippen LogP contribution in [0.15, 0.2) is 68.2 Å². The maximum absolute atomic E-state index is 12.0. The Labute approximate surface area is 512 Å². The highest BCUT2D eigenvalue weighted by Crippen LogP contribution is 2.32. The van der Waals surface area contributed by atoms with E-state index in [1.165, 1.54) is 24.3 Å². The van der Waals surface area contributed by atoms with Crippen molar-refractivity contribution in [3.63, 3.8) is 0 Å². The molecule has 4 aromatic heterocycles.